The van der Waals surface area contributed by atoms with Crippen molar-refractivity contribution < 1.29 is 17.7 Å². The van der Waals surface area contributed by atoms with Crippen molar-refractivity contribution in [1.82, 2.24) is 4.98 Å². The zero-order chi connectivity index (χ0) is 15.6. The standard InChI is InChI=1S/C11H7BrFN3O4S/c12-8-6-14-4-3-10(8)15-21(19,20)7-1-2-9(13)11(5-7)16(17)18/h1-6H,(H,14,15). The summed E-state index contributed by atoms with van der Waals surface area (Å²) in [6.45, 7) is 0. The van der Waals surface area contributed by atoms with Crippen molar-refractivity contribution in [3.63, 3.8) is 0 Å². The van der Waals surface area contributed by atoms with Crippen LogP contribution in [0.4, 0.5) is 15.8 Å². The summed E-state index contributed by atoms with van der Waals surface area (Å²) in [6.07, 6.45) is 2.75. The van der Waals surface area contributed by atoms with Gasteiger partial charge in [-0.25, -0.2) is 8.42 Å². The molecule has 0 unspecified atom stereocenters. The minimum Gasteiger partial charge on any atom is -0.278 e. The van der Waals surface area contributed by atoms with E-state index >= 15 is 0 Å². The smallest absolute Gasteiger partial charge is 0.278 e. The van der Waals surface area contributed by atoms with Crippen molar-refractivity contribution in [1.29, 1.82) is 0 Å². The molecule has 0 radical (unpaired) electrons. The van der Waals surface area contributed by atoms with Crippen molar-refractivity contribution in [3.05, 3.63) is 57.1 Å². The van der Waals surface area contributed by atoms with E-state index in [1.54, 1.807) is 0 Å². The number of aromatic nitrogens is 1. The highest BCUT2D eigenvalue weighted by Gasteiger charge is 2.22. The second kappa shape index (κ2) is 5.74. The van der Waals surface area contributed by atoms with Crippen LogP contribution in [-0.4, -0.2) is 18.3 Å². The molecule has 7 nitrogen and oxygen atoms in total. The van der Waals surface area contributed by atoms with Crippen LogP contribution in [-0.2, 0) is 10.0 Å². The largest absolute Gasteiger partial charge is 0.306 e. The first-order chi connectivity index (χ1) is 9.81. The average molecular weight is 376 g/mol. The van der Waals surface area contributed by atoms with Gasteiger partial charge in [0.25, 0.3) is 10.0 Å². The predicted octanol–water partition coefficient (Wildman–Crippen LogP) is 2.69. The van der Waals surface area contributed by atoms with Gasteiger partial charge in [0.15, 0.2) is 0 Å². The normalized spacial score (nSPS) is 11.1. The first-order valence-corrected chi connectivity index (χ1v) is 7.65. The Morgan fingerprint density at radius 3 is 2.67 bits per heavy atom. The van der Waals surface area contributed by atoms with E-state index in [0.29, 0.717) is 10.5 Å². The van der Waals surface area contributed by atoms with Gasteiger partial charge in [0, 0.05) is 18.5 Å². The number of nitro groups is 1. The minimum atomic E-state index is -4.09. The third-order valence-corrected chi connectivity index (χ3v) is 4.44. The predicted molar refractivity (Wildman–Crippen MR) is 75.8 cm³/mol. The molecular formula is C11H7BrFN3O4S. The quantitative estimate of drug-likeness (QED) is 0.653. The fourth-order valence-corrected chi connectivity index (χ4v) is 3.04. The molecule has 0 bridgehead atoms. The Bertz CT molecular complexity index is 813. The summed E-state index contributed by atoms with van der Waals surface area (Å²) in [6, 6.07) is 3.74. The molecule has 21 heavy (non-hydrogen) atoms. The number of benzene rings is 1. The van der Waals surface area contributed by atoms with Crippen LogP contribution in [0.1, 0.15) is 0 Å². The molecule has 110 valence electrons. The lowest BCUT2D eigenvalue weighted by atomic mass is 10.3. The van der Waals surface area contributed by atoms with E-state index in [-0.39, 0.29) is 5.69 Å². The first kappa shape index (κ1) is 15.3. The van der Waals surface area contributed by atoms with E-state index < -0.39 is 31.3 Å². The molecular weight excluding hydrogens is 369 g/mol. The van der Waals surface area contributed by atoms with Gasteiger partial charge in [-0.05, 0) is 34.1 Å². The van der Waals surface area contributed by atoms with E-state index in [1.165, 1.54) is 18.5 Å². The number of nitrogens with one attached hydrogen (secondary N) is 1. The molecule has 1 N–H and O–H groups in total. The van der Waals surface area contributed by atoms with Crippen LogP contribution in [0.2, 0.25) is 0 Å². The topological polar surface area (TPSA) is 102 Å². The Morgan fingerprint density at radius 2 is 2.05 bits per heavy atom. The Kier molecular flexibility index (Phi) is 4.19. The van der Waals surface area contributed by atoms with Gasteiger partial charge in [-0.3, -0.25) is 19.8 Å². The maximum Gasteiger partial charge on any atom is 0.306 e. The lowest BCUT2D eigenvalue weighted by Crippen LogP contribution is -2.14. The lowest BCUT2D eigenvalue weighted by molar-refractivity contribution is -0.387. The summed E-state index contributed by atoms with van der Waals surface area (Å²) in [4.78, 5) is 13.0. The summed E-state index contributed by atoms with van der Waals surface area (Å²) in [5.41, 5.74) is -0.705. The molecule has 0 amide bonds. The Morgan fingerprint density at radius 1 is 1.33 bits per heavy atom. The highest BCUT2D eigenvalue weighted by Crippen LogP contribution is 2.26. The molecule has 0 spiro atoms. The fourth-order valence-electron chi connectivity index (χ4n) is 1.46. The van der Waals surface area contributed by atoms with Crippen molar-refractivity contribution in [2.75, 3.05) is 4.72 Å². The molecule has 1 aromatic heterocycles. The van der Waals surface area contributed by atoms with Crippen molar-refractivity contribution >= 4 is 37.3 Å². The number of rotatable bonds is 4. The molecule has 0 fully saturated rings. The van der Waals surface area contributed by atoms with E-state index in [0.717, 1.165) is 12.1 Å². The molecule has 0 saturated carbocycles. The Balaban J connectivity index is 2.43. The molecule has 2 aromatic rings. The van der Waals surface area contributed by atoms with Gasteiger partial charge in [0.2, 0.25) is 5.82 Å². The summed E-state index contributed by atoms with van der Waals surface area (Å²) < 4.78 is 40.1. The maximum absolute atomic E-state index is 13.2. The van der Waals surface area contributed by atoms with E-state index in [9.17, 15) is 22.9 Å². The van der Waals surface area contributed by atoms with Gasteiger partial charge < -0.3 is 0 Å². The summed E-state index contributed by atoms with van der Waals surface area (Å²) in [5.74, 6) is -1.11. The molecule has 0 saturated heterocycles. The number of anilines is 1. The van der Waals surface area contributed by atoms with Crippen LogP contribution in [0.15, 0.2) is 46.0 Å². The van der Waals surface area contributed by atoms with Gasteiger partial charge in [-0.1, -0.05) is 0 Å². The number of nitrogens with zero attached hydrogens (tertiary/aromatic N) is 2. The Labute approximate surface area is 127 Å². The van der Waals surface area contributed by atoms with E-state index in [4.69, 9.17) is 0 Å². The van der Waals surface area contributed by atoms with Gasteiger partial charge in [0.05, 0.1) is 20.0 Å². The van der Waals surface area contributed by atoms with Crippen LogP contribution < -0.4 is 4.72 Å². The number of halogens is 2. The third kappa shape index (κ3) is 3.34. The monoisotopic (exact) mass is 375 g/mol. The number of nitro benzene ring substituents is 1. The number of hydrogen-bond acceptors (Lipinski definition) is 5. The molecule has 10 heteroatoms. The van der Waals surface area contributed by atoms with Crippen LogP contribution in [0.25, 0.3) is 0 Å². The number of pyridine rings is 1. The molecule has 0 atom stereocenters. The molecule has 0 aliphatic carbocycles. The highest BCUT2D eigenvalue weighted by atomic mass is 79.9. The van der Waals surface area contributed by atoms with Crippen LogP contribution >= 0.6 is 15.9 Å². The SMILES string of the molecule is O=[N+]([O-])c1cc(S(=O)(=O)Nc2ccncc2Br)ccc1F. The molecule has 1 heterocycles. The third-order valence-electron chi connectivity index (χ3n) is 2.44. The van der Waals surface area contributed by atoms with Crippen LogP contribution in [0.5, 0.6) is 0 Å². The number of sulfonamides is 1. The fraction of sp³-hybridized carbons (Fsp3) is 0. The number of hydrogen-bond donors (Lipinski definition) is 1. The van der Waals surface area contributed by atoms with Gasteiger partial charge in [0.1, 0.15) is 0 Å². The van der Waals surface area contributed by atoms with Gasteiger partial charge in [-0.15, -0.1) is 0 Å². The van der Waals surface area contributed by atoms with Crippen molar-refractivity contribution in [3.8, 4) is 0 Å². The second-order valence-electron chi connectivity index (χ2n) is 3.83. The summed E-state index contributed by atoms with van der Waals surface area (Å²) in [7, 11) is -4.09. The summed E-state index contributed by atoms with van der Waals surface area (Å²) in [5, 5.41) is 10.6. The molecule has 1 aromatic carbocycles. The molecule has 0 aliphatic heterocycles. The molecule has 0 aliphatic rings. The van der Waals surface area contributed by atoms with E-state index in [1.807, 2.05) is 0 Å². The van der Waals surface area contributed by atoms with Crippen LogP contribution in [0.3, 0.4) is 0 Å². The molecule has 2 rings (SSSR count). The van der Waals surface area contributed by atoms with Gasteiger partial charge >= 0.3 is 5.69 Å². The summed E-state index contributed by atoms with van der Waals surface area (Å²) >= 11 is 3.11. The minimum absolute atomic E-state index is 0.206. The lowest BCUT2D eigenvalue weighted by Gasteiger charge is -2.09. The highest BCUT2D eigenvalue weighted by molar-refractivity contribution is 9.10. The second-order valence-corrected chi connectivity index (χ2v) is 6.37. The van der Waals surface area contributed by atoms with Crippen LogP contribution in [0, 0.1) is 15.9 Å². The van der Waals surface area contributed by atoms with Crippen molar-refractivity contribution in [2.45, 2.75) is 4.90 Å². The zero-order valence-corrected chi connectivity index (χ0v) is 12.6. The van der Waals surface area contributed by atoms with E-state index in [2.05, 4.69) is 25.6 Å². The average Bonchev–Trinajstić information content (AvgIpc) is 2.41. The Hall–Kier alpha value is -2.07. The maximum atomic E-state index is 13.2. The zero-order valence-electron chi connectivity index (χ0n) is 10.2. The van der Waals surface area contributed by atoms with Crippen molar-refractivity contribution in [2.24, 2.45) is 0 Å². The first-order valence-electron chi connectivity index (χ1n) is 5.37. The van der Waals surface area contributed by atoms with Gasteiger partial charge in [-0.2, -0.15) is 4.39 Å².